The Hall–Kier alpha value is -1.14. The number of rotatable bonds is 7. The van der Waals surface area contributed by atoms with Crippen molar-refractivity contribution in [1.29, 1.82) is 0 Å². The van der Waals surface area contributed by atoms with Gasteiger partial charge >= 0.3 is 11.9 Å². The lowest BCUT2D eigenvalue weighted by molar-refractivity contribution is -0.159. The highest BCUT2D eigenvalue weighted by Gasteiger charge is 2.23. The van der Waals surface area contributed by atoms with E-state index in [1.165, 1.54) is 0 Å². The zero-order valence-electron chi connectivity index (χ0n) is 14.1. The molecule has 6 heteroatoms. The van der Waals surface area contributed by atoms with Crippen LogP contribution in [0.1, 0.15) is 48.0 Å². The van der Waals surface area contributed by atoms with Crippen molar-refractivity contribution in [1.82, 2.24) is 4.90 Å². The van der Waals surface area contributed by atoms with E-state index < -0.39 is 23.1 Å². The lowest BCUT2D eigenvalue weighted by Gasteiger charge is -2.26. The third-order valence-corrected chi connectivity index (χ3v) is 2.18. The van der Waals surface area contributed by atoms with E-state index in [9.17, 15) is 9.59 Å². The average molecular weight is 303 g/mol. The molecule has 0 saturated heterocycles. The van der Waals surface area contributed by atoms with Gasteiger partial charge in [0.25, 0.3) is 0 Å². The number of ether oxygens (including phenoxy) is 2. The minimum Gasteiger partial charge on any atom is -0.459 e. The molecule has 0 aromatic carbocycles. The van der Waals surface area contributed by atoms with Crippen molar-refractivity contribution in [3.8, 4) is 0 Å². The van der Waals surface area contributed by atoms with Crippen LogP contribution in [0.15, 0.2) is 0 Å². The predicted octanol–water partition coefficient (Wildman–Crippen LogP) is 1.35. The molecule has 0 spiro atoms. The zero-order valence-corrected chi connectivity index (χ0v) is 14.1. The molecule has 0 amide bonds. The van der Waals surface area contributed by atoms with Crippen molar-refractivity contribution in [3.63, 3.8) is 0 Å². The Morgan fingerprint density at radius 1 is 0.905 bits per heavy atom. The lowest BCUT2D eigenvalue weighted by atomic mass is 10.2. The maximum Gasteiger partial charge on any atom is 0.320 e. The van der Waals surface area contributed by atoms with Gasteiger partial charge in [0.2, 0.25) is 0 Å². The predicted molar refractivity (Wildman–Crippen MR) is 79.8 cm³/mol. The minimum atomic E-state index is -0.564. The van der Waals surface area contributed by atoms with Crippen LogP contribution in [0.2, 0.25) is 0 Å². The first-order valence-electron chi connectivity index (χ1n) is 7.20. The van der Waals surface area contributed by atoms with Crippen LogP contribution < -0.4 is 0 Å². The van der Waals surface area contributed by atoms with Gasteiger partial charge in [-0.25, -0.2) is 0 Å². The van der Waals surface area contributed by atoms with E-state index >= 15 is 0 Å². The molecule has 6 nitrogen and oxygen atoms in total. The summed E-state index contributed by atoms with van der Waals surface area (Å²) in [6, 6.07) is 0. The van der Waals surface area contributed by atoms with Crippen LogP contribution in [0, 0.1) is 0 Å². The maximum atomic E-state index is 11.8. The van der Waals surface area contributed by atoms with Crippen LogP contribution in [0.25, 0.3) is 0 Å². The van der Waals surface area contributed by atoms with Crippen LogP contribution in [0.3, 0.4) is 0 Å². The standard InChI is InChI=1S/C15H29NO5/c1-14(2,3)20-12(18)10-16(8-7-9-17)11-13(19)21-15(4,5)6/h17H,7-11H2,1-6H3. The van der Waals surface area contributed by atoms with Gasteiger partial charge in [0.05, 0.1) is 13.1 Å². The second-order valence-corrected chi connectivity index (χ2v) is 6.96. The third-order valence-electron chi connectivity index (χ3n) is 2.18. The Kier molecular flexibility index (Phi) is 7.89. The van der Waals surface area contributed by atoms with Gasteiger partial charge in [0.1, 0.15) is 11.2 Å². The van der Waals surface area contributed by atoms with Crippen LogP contribution in [-0.2, 0) is 19.1 Å². The molecule has 124 valence electrons. The molecular formula is C15H29NO5. The van der Waals surface area contributed by atoms with Crippen molar-refractivity contribution in [3.05, 3.63) is 0 Å². The van der Waals surface area contributed by atoms with Crippen molar-refractivity contribution in [2.24, 2.45) is 0 Å². The quantitative estimate of drug-likeness (QED) is 0.716. The molecule has 1 N–H and O–H groups in total. The number of hydrogen-bond donors (Lipinski definition) is 1. The Bertz CT molecular complexity index is 311. The number of carbonyl (C=O) groups is 2. The van der Waals surface area contributed by atoms with E-state index in [0.29, 0.717) is 13.0 Å². The van der Waals surface area contributed by atoms with Crippen LogP contribution in [0.4, 0.5) is 0 Å². The molecule has 0 aliphatic carbocycles. The molecule has 0 aliphatic heterocycles. The molecule has 0 aromatic heterocycles. The molecule has 21 heavy (non-hydrogen) atoms. The van der Waals surface area contributed by atoms with E-state index in [2.05, 4.69) is 0 Å². The molecule has 0 aromatic rings. The van der Waals surface area contributed by atoms with Gasteiger partial charge < -0.3 is 14.6 Å². The Morgan fingerprint density at radius 2 is 1.29 bits per heavy atom. The van der Waals surface area contributed by atoms with Crippen LogP contribution in [0.5, 0.6) is 0 Å². The smallest absolute Gasteiger partial charge is 0.320 e. The second-order valence-electron chi connectivity index (χ2n) is 6.96. The molecular weight excluding hydrogens is 274 g/mol. The fraction of sp³-hybridized carbons (Fsp3) is 0.867. The highest BCUT2D eigenvalue weighted by atomic mass is 16.6. The summed E-state index contributed by atoms with van der Waals surface area (Å²) in [5.74, 6) is -0.798. The maximum absolute atomic E-state index is 11.8. The Labute approximate surface area is 127 Å². The molecule has 0 bridgehead atoms. The molecule has 0 fully saturated rings. The van der Waals surface area contributed by atoms with Crippen LogP contribution >= 0.6 is 0 Å². The van der Waals surface area contributed by atoms with Crippen molar-refractivity contribution in [2.45, 2.75) is 59.2 Å². The van der Waals surface area contributed by atoms with E-state index in [4.69, 9.17) is 14.6 Å². The summed E-state index contributed by atoms with van der Waals surface area (Å²) < 4.78 is 10.5. The van der Waals surface area contributed by atoms with Gasteiger partial charge in [0.15, 0.2) is 0 Å². The normalized spacial score (nSPS) is 12.4. The first-order chi connectivity index (χ1) is 9.43. The summed E-state index contributed by atoms with van der Waals surface area (Å²) in [5.41, 5.74) is -1.13. The molecule has 0 rings (SSSR count). The van der Waals surface area contributed by atoms with Crippen LogP contribution in [-0.4, -0.2) is 59.4 Å². The zero-order chi connectivity index (χ0) is 16.7. The van der Waals surface area contributed by atoms with Crippen molar-refractivity contribution < 1.29 is 24.2 Å². The number of hydrogen-bond acceptors (Lipinski definition) is 6. The number of carbonyl (C=O) groups excluding carboxylic acids is 2. The monoisotopic (exact) mass is 303 g/mol. The van der Waals surface area contributed by atoms with Gasteiger partial charge in [-0.2, -0.15) is 0 Å². The summed E-state index contributed by atoms with van der Waals surface area (Å²) in [6.07, 6.45) is 0.478. The fourth-order valence-corrected chi connectivity index (χ4v) is 1.62. The van der Waals surface area contributed by atoms with Gasteiger partial charge in [0, 0.05) is 13.2 Å². The second kappa shape index (κ2) is 8.34. The number of aliphatic hydroxyl groups excluding tert-OH is 1. The minimum absolute atomic E-state index is 0.000856. The van der Waals surface area contributed by atoms with Crippen molar-refractivity contribution >= 4 is 11.9 Å². The topological polar surface area (TPSA) is 76.1 Å². The van der Waals surface area contributed by atoms with E-state index in [-0.39, 0.29) is 19.7 Å². The largest absolute Gasteiger partial charge is 0.459 e. The molecule has 0 atom stereocenters. The molecule has 0 heterocycles. The SMILES string of the molecule is CC(C)(C)OC(=O)CN(CCCO)CC(=O)OC(C)(C)C. The summed E-state index contributed by atoms with van der Waals surface area (Å²) in [4.78, 5) is 25.3. The number of esters is 2. The van der Waals surface area contributed by atoms with Crippen molar-refractivity contribution in [2.75, 3.05) is 26.2 Å². The molecule has 0 unspecified atom stereocenters. The van der Waals surface area contributed by atoms with E-state index in [1.807, 2.05) is 0 Å². The first kappa shape index (κ1) is 19.9. The average Bonchev–Trinajstić information content (AvgIpc) is 2.20. The summed E-state index contributed by atoms with van der Waals surface area (Å²) >= 11 is 0. The van der Waals surface area contributed by atoms with Gasteiger partial charge in [-0.1, -0.05) is 0 Å². The Morgan fingerprint density at radius 3 is 1.57 bits per heavy atom. The van der Waals surface area contributed by atoms with Gasteiger partial charge in [-0.05, 0) is 48.0 Å². The molecule has 0 aliphatic rings. The summed E-state index contributed by atoms with van der Waals surface area (Å²) in [7, 11) is 0. The number of aliphatic hydroxyl groups is 1. The van der Waals surface area contributed by atoms with Gasteiger partial charge in [-0.15, -0.1) is 0 Å². The Balaban J connectivity index is 4.51. The molecule has 0 saturated carbocycles. The third kappa shape index (κ3) is 12.3. The fourth-order valence-electron chi connectivity index (χ4n) is 1.62. The van der Waals surface area contributed by atoms with E-state index in [0.717, 1.165) is 0 Å². The highest BCUT2D eigenvalue weighted by molar-refractivity contribution is 5.75. The molecule has 0 radical (unpaired) electrons. The highest BCUT2D eigenvalue weighted by Crippen LogP contribution is 2.09. The van der Waals surface area contributed by atoms with E-state index in [1.54, 1.807) is 46.4 Å². The summed E-state index contributed by atoms with van der Waals surface area (Å²) in [5, 5.41) is 8.90. The lowest BCUT2D eigenvalue weighted by Crippen LogP contribution is -2.40. The van der Waals surface area contributed by atoms with Gasteiger partial charge in [-0.3, -0.25) is 14.5 Å². The number of nitrogens with zero attached hydrogens (tertiary/aromatic N) is 1. The summed E-state index contributed by atoms with van der Waals surface area (Å²) in [6.45, 7) is 11.1. The first-order valence-corrected chi connectivity index (χ1v) is 7.20.